The summed E-state index contributed by atoms with van der Waals surface area (Å²) in [6.07, 6.45) is 3.14. The van der Waals surface area contributed by atoms with Crippen LogP contribution in [0.5, 0.6) is 0 Å². The Kier molecular flexibility index (Phi) is 5.81. The standard InChI is InChI=1S/C19H26N4O2/c1-3-17-21-18(25-22-17)13-23(4-2)19(24)15-9-7-14(8-10-15)16-6-5-11-20-12-16/h7-10,16,20H,3-6,11-13H2,1-2H3/t16-/m1/s1. The van der Waals surface area contributed by atoms with Crippen LogP contribution < -0.4 is 5.32 Å². The summed E-state index contributed by atoms with van der Waals surface area (Å²) in [6.45, 7) is 6.99. The highest BCUT2D eigenvalue weighted by Gasteiger charge is 2.19. The normalized spacial score (nSPS) is 17.4. The molecule has 2 heterocycles. The van der Waals surface area contributed by atoms with Gasteiger partial charge in [-0.3, -0.25) is 4.79 Å². The fraction of sp³-hybridized carbons (Fsp3) is 0.526. The van der Waals surface area contributed by atoms with Crippen LogP contribution >= 0.6 is 0 Å². The lowest BCUT2D eigenvalue weighted by Gasteiger charge is -2.23. The minimum absolute atomic E-state index is 0.00734. The maximum atomic E-state index is 12.8. The summed E-state index contributed by atoms with van der Waals surface area (Å²) in [5.41, 5.74) is 2.00. The molecule has 1 atom stereocenters. The average molecular weight is 342 g/mol. The van der Waals surface area contributed by atoms with Crippen molar-refractivity contribution in [3.63, 3.8) is 0 Å². The molecule has 1 aliphatic heterocycles. The first-order chi connectivity index (χ1) is 12.2. The Morgan fingerprint density at radius 2 is 2.12 bits per heavy atom. The zero-order valence-corrected chi connectivity index (χ0v) is 15.0. The number of nitrogens with one attached hydrogen (secondary N) is 1. The molecule has 134 valence electrons. The largest absolute Gasteiger partial charge is 0.337 e. The van der Waals surface area contributed by atoms with Crippen molar-refractivity contribution in [2.45, 2.75) is 45.6 Å². The van der Waals surface area contributed by atoms with Gasteiger partial charge in [0.15, 0.2) is 5.82 Å². The Bertz CT molecular complexity index is 690. The summed E-state index contributed by atoms with van der Waals surface area (Å²) in [7, 11) is 0. The number of piperidine rings is 1. The van der Waals surface area contributed by atoms with E-state index < -0.39 is 0 Å². The second-order valence-corrected chi connectivity index (χ2v) is 6.44. The zero-order chi connectivity index (χ0) is 17.6. The van der Waals surface area contributed by atoms with Gasteiger partial charge >= 0.3 is 0 Å². The molecule has 6 heteroatoms. The van der Waals surface area contributed by atoms with Crippen LogP contribution in [0.25, 0.3) is 0 Å². The molecule has 0 radical (unpaired) electrons. The molecule has 3 rings (SSSR count). The first-order valence-electron chi connectivity index (χ1n) is 9.12. The van der Waals surface area contributed by atoms with Crippen molar-refractivity contribution in [3.05, 3.63) is 47.1 Å². The van der Waals surface area contributed by atoms with Crippen LogP contribution in [0.3, 0.4) is 0 Å². The molecule has 25 heavy (non-hydrogen) atoms. The van der Waals surface area contributed by atoms with E-state index in [0.29, 0.717) is 36.3 Å². The van der Waals surface area contributed by atoms with Crippen LogP contribution in [0.15, 0.2) is 28.8 Å². The summed E-state index contributed by atoms with van der Waals surface area (Å²) in [6, 6.07) is 8.03. The van der Waals surface area contributed by atoms with Crippen LogP contribution in [-0.2, 0) is 13.0 Å². The number of carbonyl (C=O) groups excluding carboxylic acids is 1. The molecule has 0 saturated carbocycles. The van der Waals surface area contributed by atoms with Gasteiger partial charge in [0, 0.05) is 25.1 Å². The van der Waals surface area contributed by atoms with Crippen molar-refractivity contribution >= 4 is 5.91 Å². The first kappa shape index (κ1) is 17.6. The Hall–Kier alpha value is -2.21. The van der Waals surface area contributed by atoms with Gasteiger partial charge < -0.3 is 14.7 Å². The van der Waals surface area contributed by atoms with E-state index in [-0.39, 0.29) is 5.91 Å². The molecule has 1 saturated heterocycles. The molecule has 0 aliphatic carbocycles. The fourth-order valence-electron chi connectivity index (χ4n) is 3.21. The van der Waals surface area contributed by atoms with E-state index in [4.69, 9.17) is 4.52 Å². The second-order valence-electron chi connectivity index (χ2n) is 6.44. The number of rotatable bonds is 6. The molecule has 1 aliphatic rings. The maximum Gasteiger partial charge on any atom is 0.254 e. The number of carbonyl (C=O) groups is 1. The SMILES string of the molecule is CCc1noc(CN(CC)C(=O)c2ccc([C@@H]3CCCNC3)cc2)n1. The van der Waals surface area contributed by atoms with Gasteiger partial charge in [-0.2, -0.15) is 4.98 Å². The first-order valence-corrected chi connectivity index (χ1v) is 9.12. The highest BCUT2D eigenvalue weighted by molar-refractivity contribution is 5.94. The van der Waals surface area contributed by atoms with E-state index in [0.717, 1.165) is 19.5 Å². The minimum atomic E-state index is -0.00734. The zero-order valence-electron chi connectivity index (χ0n) is 15.0. The summed E-state index contributed by atoms with van der Waals surface area (Å²) in [5, 5.41) is 7.32. The Morgan fingerprint density at radius 3 is 2.72 bits per heavy atom. The smallest absolute Gasteiger partial charge is 0.254 e. The van der Waals surface area contributed by atoms with Crippen LogP contribution in [0, 0.1) is 0 Å². The predicted molar refractivity (Wildman–Crippen MR) is 95.4 cm³/mol. The third kappa shape index (κ3) is 4.25. The fourth-order valence-corrected chi connectivity index (χ4v) is 3.21. The van der Waals surface area contributed by atoms with Crippen LogP contribution in [-0.4, -0.2) is 40.6 Å². The van der Waals surface area contributed by atoms with Gasteiger partial charge in [0.1, 0.15) is 6.54 Å². The second kappa shape index (κ2) is 8.25. The van der Waals surface area contributed by atoms with Crippen LogP contribution in [0.1, 0.15) is 60.2 Å². The quantitative estimate of drug-likeness (QED) is 0.874. The third-order valence-corrected chi connectivity index (χ3v) is 4.75. The number of aromatic nitrogens is 2. The molecule has 0 unspecified atom stereocenters. The molecule has 1 N–H and O–H groups in total. The van der Waals surface area contributed by atoms with E-state index in [9.17, 15) is 4.79 Å². The lowest BCUT2D eigenvalue weighted by Crippen LogP contribution is -2.30. The molecule has 0 bridgehead atoms. The lowest BCUT2D eigenvalue weighted by atomic mass is 9.91. The van der Waals surface area contributed by atoms with E-state index in [1.54, 1.807) is 4.90 Å². The van der Waals surface area contributed by atoms with Crippen molar-refractivity contribution in [2.24, 2.45) is 0 Å². The minimum Gasteiger partial charge on any atom is -0.337 e. The molecule has 1 fully saturated rings. The molecule has 1 amide bonds. The topological polar surface area (TPSA) is 71.3 Å². The number of aryl methyl sites for hydroxylation is 1. The van der Waals surface area contributed by atoms with E-state index in [1.807, 2.05) is 26.0 Å². The van der Waals surface area contributed by atoms with Crippen molar-refractivity contribution in [3.8, 4) is 0 Å². The van der Waals surface area contributed by atoms with Gasteiger partial charge in [-0.1, -0.05) is 24.2 Å². The molecular formula is C19H26N4O2. The summed E-state index contributed by atoms with van der Waals surface area (Å²) < 4.78 is 5.21. The highest BCUT2D eigenvalue weighted by atomic mass is 16.5. The third-order valence-electron chi connectivity index (χ3n) is 4.75. The predicted octanol–water partition coefficient (Wildman–Crippen LogP) is 2.76. The Balaban J connectivity index is 1.67. The molecule has 0 spiro atoms. The van der Waals surface area contributed by atoms with Gasteiger partial charge in [0.25, 0.3) is 5.91 Å². The van der Waals surface area contributed by atoms with Crippen molar-refractivity contribution in [2.75, 3.05) is 19.6 Å². The number of hydrogen-bond donors (Lipinski definition) is 1. The number of benzene rings is 1. The van der Waals surface area contributed by atoms with Gasteiger partial charge in [-0.25, -0.2) is 0 Å². The summed E-state index contributed by atoms with van der Waals surface area (Å²) in [5.74, 6) is 1.69. The van der Waals surface area contributed by atoms with Crippen molar-refractivity contribution in [1.82, 2.24) is 20.4 Å². The highest BCUT2D eigenvalue weighted by Crippen LogP contribution is 2.23. The molecule has 1 aromatic carbocycles. The number of nitrogens with zero attached hydrogens (tertiary/aromatic N) is 3. The van der Waals surface area contributed by atoms with Crippen molar-refractivity contribution < 1.29 is 9.32 Å². The molecular weight excluding hydrogens is 316 g/mol. The van der Waals surface area contributed by atoms with Gasteiger partial charge in [0.2, 0.25) is 5.89 Å². The van der Waals surface area contributed by atoms with Gasteiger partial charge in [0.05, 0.1) is 0 Å². The van der Waals surface area contributed by atoms with Crippen LogP contribution in [0.4, 0.5) is 0 Å². The van der Waals surface area contributed by atoms with E-state index in [2.05, 4.69) is 27.6 Å². The van der Waals surface area contributed by atoms with E-state index >= 15 is 0 Å². The molecule has 6 nitrogen and oxygen atoms in total. The van der Waals surface area contributed by atoms with Gasteiger partial charge in [-0.15, -0.1) is 0 Å². The van der Waals surface area contributed by atoms with E-state index in [1.165, 1.54) is 18.4 Å². The lowest BCUT2D eigenvalue weighted by molar-refractivity contribution is 0.0734. The average Bonchev–Trinajstić information content (AvgIpc) is 3.14. The Morgan fingerprint density at radius 1 is 1.32 bits per heavy atom. The molecule has 1 aromatic heterocycles. The summed E-state index contributed by atoms with van der Waals surface area (Å²) >= 11 is 0. The maximum absolute atomic E-state index is 12.8. The Labute approximate surface area is 148 Å². The summed E-state index contributed by atoms with van der Waals surface area (Å²) in [4.78, 5) is 18.8. The van der Waals surface area contributed by atoms with Crippen molar-refractivity contribution in [1.29, 1.82) is 0 Å². The van der Waals surface area contributed by atoms with Crippen LogP contribution in [0.2, 0.25) is 0 Å². The number of amides is 1. The number of hydrogen-bond acceptors (Lipinski definition) is 5. The molecule has 2 aromatic rings. The van der Waals surface area contributed by atoms with Gasteiger partial charge in [-0.05, 0) is 49.9 Å². The monoisotopic (exact) mass is 342 g/mol.